The summed E-state index contributed by atoms with van der Waals surface area (Å²) in [5.41, 5.74) is 2.02. The summed E-state index contributed by atoms with van der Waals surface area (Å²) >= 11 is 1.83. The number of nitrogens with zero attached hydrogens (tertiary/aromatic N) is 2. The van der Waals surface area contributed by atoms with Crippen molar-refractivity contribution in [3.05, 3.63) is 23.4 Å². The van der Waals surface area contributed by atoms with Gasteiger partial charge in [0.1, 0.15) is 5.54 Å². The summed E-state index contributed by atoms with van der Waals surface area (Å²) in [6.45, 7) is 7.20. The van der Waals surface area contributed by atoms with Gasteiger partial charge in [-0.05, 0) is 63.8 Å². The van der Waals surface area contributed by atoms with E-state index < -0.39 is 0 Å². The van der Waals surface area contributed by atoms with Crippen LogP contribution in [0.5, 0.6) is 0 Å². The van der Waals surface area contributed by atoms with Gasteiger partial charge in [0.15, 0.2) is 0 Å². The highest BCUT2D eigenvalue weighted by molar-refractivity contribution is 7.99. The van der Waals surface area contributed by atoms with Crippen LogP contribution < -0.4 is 5.32 Å². The summed E-state index contributed by atoms with van der Waals surface area (Å²) in [6, 6.07) is 6.75. The van der Waals surface area contributed by atoms with Gasteiger partial charge in [-0.3, -0.25) is 5.32 Å². The molecule has 20 heavy (non-hydrogen) atoms. The number of nitrogens with one attached hydrogen (secondary N) is 1. The largest absolute Gasteiger partial charge is 0.299 e. The van der Waals surface area contributed by atoms with Crippen LogP contribution in [0, 0.1) is 25.2 Å². The first kappa shape index (κ1) is 15.3. The van der Waals surface area contributed by atoms with Crippen LogP contribution in [0.3, 0.4) is 0 Å². The number of nitriles is 1. The average Bonchev–Trinajstić information content (AvgIpc) is 2.79. The molecule has 0 bridgehead atoms. The first-order valence-corrected chi connectivity index (χ1v) is 8.23. The smallest absolute Gasteiger partial charge is 0.107 e. The topological polar surface area (TPSA) is 48.7 Å². The van der Waals surface area contributed by atoms with Gasteiger partial charge >= 0.3 is 0 Å². The molecule has 2 atom stereocenters. The number of hydrogen-bond donors (Lipinski definition) is 1. The number of aryl methyl sites for hydroxylation is 2. The predicted molar refractivity (Wildman–Crippen MR) is 83.8 cm³/mol. The maximum Gasteiger partial charge on any atom is 0.107 e. The molecule has 0 aliphatic heterocycles. The SMILES string of the molecule is CCCNC1(C#N)CCC(Sc2cc(C)cc(C)n2)C1. The van der Waals surface area contributed by atoms with Gasteiger partial charge in [0.25, 0.3) is 0 Å². The fourth-order valence-electron chi connectivity index (χ4n) is 2.80. The van der Waals surface area contributed by atoms with E-state index in [1.54, 1.807) is 0 Å². The van der Waals surface area contributed by atoms with E-state index in [2.05, 4.69) is 42.4 Å². The van der Waals surface area contributed by atoms with Gasteiger partial charge in [0, 0.05) is 10.9 Å². The third kappa shape index (κ3) is 3.74. The Labute approximate surface area is 126 Å². The Bertz CT molecular complexity index is 489. The molecule has 0 spiro atoms. The zero-order chi connectivity index (χ0) is 14.6. The molecule has 4 heteroatoms. The van der Waals surface area contributed by atoms with Gasteiger partial charge in [0.05, 0.1) is 11.1 Å². The molecule has 0 radical (unpaired) electrons. The molecular formula is C16H23N3S. The van der Waals surface area contributed by atoms with Crippen molar-refractivity contribution in [1.29, 1.82) is 5.26 Å². The molecule has 1 aliphatic carbocycles. The third-order valence-electron chi connectivity index (χ3n) is 3.76. The van der Waals surface area contributed by atoms with Gasteiger partial charge in [-0.25, -0.2) is 4.98 Å². The molecule has 0 amide bonds. The van der Waals surface area contributed by atoms with E-state index in [4.69, 9.17) is 0 Å². The fourth-order valence-corrected chi connectivity index (χ4v) is 4.20. The second-order valence-corrected chi connectivity index (χ2v) is 7.05. The zero-order valence-electron chi connectivity index (χ0n) is 12.6. The van der Waals surface area contributed by atoms with Gasteiger partial charge in [-0.15, -0.1) is 11.8 Å². The summed E-state index contributed by atoms with van der Waals surface area (Å²) in [6.07, 6.45) is 4.03. The molecule has 2 rings (SSSR count). The second-order valence-electron chi connectivity index (χ2n) is 5.73. The lowest BCUT2D eigenvalue weighted by Crippen LogP contribution is -2.42. The molecule has 1 aromatic heterocycles. The van der Waals surface area contributed by atoms with Crippen LogP contribution in [0.25, 0.3) is 0 Å². The van der Waals surface area contributed by atoms with Crippen molar-refractivity contribution in [2.45, 2.75) is 62.3 Å². The van der Waals surface area contributed by atoms with Crippen molar-refractivity contribution in [2.24, 2.45) is 0 Å². The van der Waals surface area contributed by atoms with Gasteiger partial charge in [-0.1, -0.05) is 6.92 Å². The van der Waals surface area contributed by atoms with Crippen LogP contribution in [0.2, 0.25) is 0 Å². The minimum Gasteiger partial charge on any atom is -0.299 e. The summed E-state index contributed by atoms with van der Waals surface area (Å²) < 4.78 is 0. The van der Waals surface area contributed by atoms with Crippen molar-refractivity contribution in [1.82, 2.24) is 10.3 Å². The zero-order valence-corrected chi connectivity index (χ0v) is 13.4. The number of thioether (sulfide) groups is 1. The molecule has 0 saturated heterocycles. The first-order valence-electron chi connectivity index (χ1n) is 7.35. The normalized spacial score (nSPS) is 25.6. The Morgan fingerprint density at radius 3 is 2.95 bits per heavy atom. The Morgan fingerprint density at radius 1 is 1.50 bits per heavy atom. The Morgan fingerprint density at radius 2 is 2.30 bits per heavy atom. The Kier molecular flexibility index (Phi) is 5.06. The molecule has 1 aromatic rings. The highest BCUT2D eigenvalue weighted by Gasteiger charge is 2.39. The monoisotopic (exact) mass is 289 g/mol. The predicted octanol–water partition coefficient (Wildman–Crippen LogP) is 3.61. The average molecular weight is 289 g/mol. The van der Waals surface area contributed by atoms with Crippen molar-refractivity contribution in [3.63, 3.8) is 0 Å². The van der Waals surface area contributed by atoms with Gasteiger partial charge < -0.3 is 0 Å². The lowest BCUT2D eigenvalue weighted by Gasteiger charge is -2.22. The minimum absolute atomic E-state index is 0.313. The molecule has 2 unspecified atom stereocenters. The Balaban J connectivity index is 2.00. The molecule has 0 aromatic carbocycles. The summed E-state index contributed by atoms with van der Waals surface area (Å²) in [5.74, 6) is 0. The number of aromatic nitrogens is 1. The molecule has 108 valence electrons. The highest BCUT2D eigenvalue weighted by atomic mass is 32.2. The van der Waals surface area contributed by atoms with Crippen molar-refractivity contribution >= 4 is 11.8 Å². The standard InChI is InChI=1S/C16H23N3S/c1-4-7-18-16(11-17)6-5-14(10-16)20-15-9-12(2)8-13(3)19-15/h8-9,14,18H,4-7,10H2,1-3H3. The third-order valence-corrected chi connectivity index (χ3v) is 4.94. The van der Waals surface area contributed by atoms with Crippen LogP contribution >= 0.6 is 11.8 Å². The van der Waals surface area contributed by atoms with E-state index in [-0.39, 0.29) is 5.54 Å². The first-order chi connectivity index (χ1) is 9.57. The van der Waals surface area contributed by atoms with Crippen LogP contribution in [-0.2, 0) is 0 Å². The lowest BCUT2D eigenvalue weighted by atomic mass is 10.00. The molecule has 1 aliphatic rings. The van der Waals surface area contributed by atoms with E-state index in [0.29, 0.717) is 5.25 Å². The molecule has 3 nitrogen and oxygen atoms in total. The van der Waals surface area contributed by atoms with Crippen molar-refractivity contribution in [2.75, 3.05) is 6.54 Å². The summed E-state index contributed by atoms with van der Waals surface area (Å²) in [4.78, 5) is 4.59. The van der Waals surface area contributed by atoms with Crippen LogP contribution in [0.4, 0.5) is 0 Å². The van der Waals surface area contributed by atoms with E-state index >= 15 is 0 Å². The highest BCUT2D eigenvalue weighted by Crippen LogP contribution is 2.39. The number of pyridine rings is 1. The maximum atomic E-state index is 9.48. The van der Waals surface area contributed by atoms with Crippen LogP contribution in [-0.4, -0.2) is 22.3 Å². The van der Waals surface area contributed by atoms with Gasteiger partial charge in [0.2, 0.25) is 0 Å². The van der Waals surface area contributed by atoms with E-state index in [9.17, 15) is 5.26 Å². The van der Waals surface area contributed by atoms with Crippen molar-refractivity contribution in [3.8, 4) is 6.07 Å². The molecular weight excluding hydrogens is 266 g/mol. The quantitative estimate of drug-likeness (QED) is 0.899. The molecule has 1 saturated carbocycles. The fraction of sp³-hybridized carbons (Fsp3) is 0.625. The van der Waals surface area contributed by atoms with E-state index in [0.717, 1.165) is 42.9 Å². The summed E-state index contributed by atoms with van der Waals surface area (Å²) in [7, 11) is 0. The van der Waals surface area contributed by atoms with Crippen molar-refractivity contribution < 1.29 is 0 Å². The molecule has 1 heterocycles. The molecule has 1 N–H and O–H groups in total. The number of hydrogen-bond acceptors (Lipinski definition) is 4. The maximum absolute atomic E-state index is 9.48. The molecule has 1 fully saturated rings. The van der Waals surface area contributed by atoms with E-state index in [1.165, 1.54) is 5.56 Å². The summed E-state index contributed by atoms with van der Waals surface area (Å²) in [5, 5.41) is 14.5. The van der Waals surface area contributed by atoms with Crippen LogP contribution in [0.15, 0.2) is 17.2 Å². The Hall–Kier alpha value is -1.05. The minimum atomic E-state index is -0.313. The van der Waals surface area contributed by atoms with Gasteiger partial charge in [-0.2, -0.15) is 5.26 Å². The second kappa shape index (κ2) is 6.60. The number of rotatable bonds is 5. The lowest BCUT2D eigenvalue weighted by molar-refractivity contribution is 0.424. The van der Waals surface area contributed by atoms with Crippen LogP contribution in [0.1, 0.15) is 43.9 Å². The van der Waals surface area contributed by atoms with E-state index in [1.807, 2.05) is 18.7 Å².